The van der Waals surface area contributed by atoms with Gasteiger partial charge in [-0.2, -0.15) is 0 Å². The van der Waals surface area contributed by atoms with Crippen molar-refractivity contribution < 1.29 is 24.2 Å². The highest BCUT2D eigenvalue weighted by Crippen LogP contribution is 2.26. The molecule has 0 saturated carbocycles. The molecule has 0 amide bonds. The molecule has 1 aliphatic heterocycles. The lowest BCUT2D eigenvalue weighted by Crippen LogP contribution is -2.11. The Bertz CT molecular complexity index is 345. The first-order valence-electron chi connectivity index (χ1n) is 6.40. The molecule has 1 atom stereocenters. The molecule has 1 unspecified atom stereocenters. The van der Waals surface area contributed by atoms with Crippen LogP contribution in [0.3, 0.4) is 0 Å². The Balaban J connectivity index is 2.60. The third-order valence-corrected chi connectivity index (χ3v) is 2.84. The van der Waals surface area contributed by atoms with Crippen LogP contribution in [0.4, 0.5) is 0 Å². The molecule has 102 valence electrons. The van der Waals surface area contributed by atoms with Gasteiger partial charge in [0.2, 0.25) is 5.76 Å². The van der Waals surface area contributed by atoms with Crippen molar-refractivity contribution in [3.8, 4) is 0 Å². The molecule has 1 rings (SSSR count). The molecular formula is C13H20O5. The van der Waals surface area contributed by atoms with Gasteiger partial charge in [-0.05, 0) is 19.8 Å². The molecule has 0 aromatic carbocycles. The Labute approximate surface area is 107 Å². The Morgan fingerprint density at radius 2 is 2.17 bits per heavy atom. The van der Waals surface area contributed by atoms with Gasteiger partial charge in [0.25, 0.3) is 0 Å². The molecule has 0 radical (unpaired) electrons. The van der Waals surface area contributed by atoms with E-state index in [1.807, 2.05) is 0 Å². The predicted octanol–water partition coefficient (Wildman–Crippen LogP) is 2.26. The predicted molar refractivity (Wildman–Crippen MR) is 64.9 cm³/mol. The Morgan fingerprint density at radius 1 is 1.44 bits per heavy atom. The van der Waals surface area contributed by atoms with Crippen LogP contribution in [0.15, 0.2) is 11.3 Å². The number of hydrogen-bond acceptors (Lipinski definition) is 5. The van der Waals surface area contributed by atoms with E-state index in [0.29, 0.717) is 0 Å². The fourth-order valence-corrected chi connectivity index (χ4v) is 1.87. The van der Waals surface area contributed by atoms with E-state index in [2.05, 4.69) is 11.7 Å². The number of unbranched alkanes of at least 4 members (excludes halogenated alkanes) is 2. The van der Waals surface area contributed by atoms with Gasteiger partial charge in [0.05, 0.1) is 12.2 Å². The van der Waals surface area contributed by atoms with Crippen LogP contribution >= 0.6 is 0 Å². The first kappa shape index (κ1) is 14.5. The summed E-state index contributed by atoms with van der Waals surface area (Å²) in [7, 11) is 0. The molecule has 5 heteroatoms. The second-order valence-electron chi connectivity index (χ2n) is 4.27. The molecule has 1 fully saturated rings. The van der Waals surface area contributed by atoms with Crippen molar-refractivity contribution in [2.24, 2.45) is 0 Å². The lowest BCUT2D eigenvalue weighted by Gasteiger charge is -2.06. The number of hydrogen-bond donors (Lipinski definition) is 1. The van der Waals surface area contributed by atoms with E-state index in [4.69, 9.17) is 4.74 Å². The molecular weight excluding hydrogens is 236 g/mol. The first-order valence-corrected chi connectivity index (χ1v) is 6.40. The van der Waals surface area contributed by atoms with E-state index in [1.54, 1.807) is 6.92 Å². The van der Waals surface area contributed by atoms with Crippen LogP contribution in [-0.2, 0) is 19.1 Å². The van der Waals surface area contributed by atoms with Crippen molar-refractivity contribution in [2.45, 2.75) is 52.1 Å². The van der Waals surface area contributed by atoms with Gasteiger partial charge in [0.1, 0.15) is 6.10 Å². The van der Waals surface area contributed by atoms with Crippen LogP contribution in [0.5, 0.6) is 0 Å². The minimum absolute atomic E-state index is 0.0370. The van der Waals surface area contributed by atoms with Crippen LogP contribution in [0.25, 0.3) is 0 Å². The van der Waals surface area contributed by atoms with Gasteiger partial charge in [-0.25, -0.2) is 9.59 Å². The van der Waals surface area contributed by atoms with Crippen molar-refractivity contribution in [3.63, 3.8) is 0 Å². The lowest BCUT2D eigenvalue weighted by molar-refractivity contribution is -0.143. The average Bonchev–Trinajstić information content (AvgIpc) is 2.70. The fraction of sp³-hybridized carbons (Fsp3) is 0.692. The zero-order valence-corrected chi connectivity index (χ0v) is 10.9. The SMILES string of the molecule is CCCCCC1C/C(=C(/O)C(=O)OCC)C(=O)O1. The van der Waals surface area contributed by atoms with Crippen LogP contribution < -0.4 is 0 Å². The summed E-state index contributed by atoms with van der Waals surface area (Å²) in [5.41, 5.74) is 0.0370. The van der Waals surface area contributed by atoms with Crippen LogP contribution in [0, 0.1) is 0 Å². The Hall–Kier alpha value is -1.52. The topological polar surface area (TPSA) is 72.8 Å². The highest BCUT2D eigenvalue weighted by Gasteiger charge is 2.33. The molecule has 1 aliphatic rings. The number of aliphatic hydroxyl groups is 1. The summed E-state index contributed by atoms with van der Waals surface area (Å²) in [5.74, 6) is -2.08. The van der Waals surface area contributed by atoms with E-state index >= 15 is 0 Å². The minimum atomic E-state index is -0.862. The molecule has 0 spiro atoms. The van der Waals surface area contributed by atoms with Crippen molar-refractivity contribution in [1.29, 1.82) is 0 Å². The third-order valence-electron chi connectivity index (χ3n) is 2.84. The highest BCUT2D eigenvalue weighted by atomic mass is 16.6. The maximum Gasteiger partial charge on any atom is 0.373 e. The van der Waals surface area contributed by atoms with E-state index < -0.39 is 17.7 Å². The maximum atomic E-state index is 11.5. The van der Waals surface area contributed by atoms with E-state index in [1.165, 1.54) is 0 Å². The maximum absolute atomic E-state index is 11.5. The number of esters is 2. The normalized spacial score (nSPS) is 21.7. The largest absolute Gasteiger partial charge is 0.501 e. The summed E-state index contributed by atoms with van der Waals surface area (Å²) in [6.07, 6.45) is 3.97. The zero-order valence-electron chi connectivity index (χ0n) is 10.9. The number of aliphatic hydroxyl groups excluding tert-OH is 1. The van der Waals surface area contributed by atoms with Crippen molar-refractivity contribution >= 4 is 11.9 Å². The summed E-state index contributed by atoms with van der Waals surface area (Å²) in [6.45, 7) is 3.89. The number of cyclic esters (lactones) is 1. The molecule has 1 heterocycles. The molecule has 0 aliphatic carbocycles. The van der Waals surface area contributed by atoms with Gasteiger partial charge in [-0.15, -0.1) is 0 Å². The van der Waals surface area contributed by atoms with E-state index in [9.17, 15) is 14.7 Å². The Kier molecular flexibility index (Phi) is 5.68. The monoisotopic (exact) mass is 256 g/mol. The van der Waals surface area contributed by atoms with Crippen molar-refractivity contribution in [3.05, 3.63) is 11.3 Å². The third kappa shape index (κ3) is 3.75. The molecule has 1 N–H and O–H groups in total. The summed E-state index contributed by atoms with van der Waals surface area (Å²) < 4.78 is 9.75. The Morgan fingerprint density at radius 3 is 2.78 bits per heavy atom. The molecule has 1 saturated heterocycles. The van der Waals surface area contributed by atoms with Gasteiger partial charge >= 0.3 is 11.9 Å². The number of carbonyl (C=O) groups is 2. The van der Waals surface area contributed by atoms with Gasteiger partial charge in [0, 0.05) is 6.42 Å². The van der Waals surface area contributed by atoms with Gasteiger partial charge in [0.15, 0.2) is 0 Å². The van der Waals surface area contributed by atoms with Crippen LogP contribution in [0.2, 0.25) is 0 Å². The summed E-state index contributed by atoms with van der Waals surface area (Å²) >= 11 is 0. The molecule has 5 nitrogen and oxygen atoms in total. The van der Waals surface area contributed by atoms with Crippen molar-refractivity contribution in [1.82, 2.24) is 0 Å². The molecule has 0 aromatic heterocycles. The van der Waals surface area contributed by atoms with E-state index in [0.717, 1.165) is 25.7 Å². The average molecular weight is 256 g/mol. The second-order valence-corrected chi connectivity index (χ2v) is 4.27. The quantitative estimate of drug-likeness (QED) is 0.341. The number of ether oxygens (including phenoxy) is 2. The first-order chi connectivity index (χ1) is 8.60. The lowest BCUT2D eigenvalue weighted by atomic mass is 10.0. The second kappa shape index (κ2) is 7.03. The van der Waals surface area contributed by atoms with Crippen LogP contribution in [-0.4, -0.2) is 29.8 Å². The van der Waals surface area contributed by atoms with E-state index in [-0.39, 0.29) is 24.7 Å². The summed E-state index contributed by atoms with van der Waals surface area (Å²) in [5, 5.41) is 9.61. The zero-order chi connectivity index (χ0) is 13.5. The molecule has 0 aromatic rings. The number of carbonyl (C=O) groups excluding carboxylic acids is 2. The van der Waals surface area contributed by atoms with Gasteiger partial charge in [-0.3, -0.25) is 0 Å². The highest BCUT2D eigenvalue weighted by molar-refractivity contribution is 5.99. The molecule has 0 bridgehead atoms. The smallest absolute Gasteiger partial charge is 0.373 e. The van der Waals surface area contributed by atoms with Gasteiger partial charge < -0.3 is 14.6 Å². The molecule has 18 heavy (non-hydrogen) atoms. The summed E-state index contributed by atoms with van der Waals surface area (Å²) in [4.78, 5) is 22.8. The van der Waals surface area contributed by atoms with Gasteiger partial charge in [-0.1, -0.05) is 19.8 Å². The van der Waals surface area contributed by atoms with Crippen LogP contribution in [0.1, 0.15) is 46.0 Å². The minimum Gasteiger partial charge on any atom is -0.501 e. The van der Waals surface area contributed by atoms with Crippen molar-refractivity contribution in [2.75, 3.05) is 6.61 Å². The number of rotatable bonds is 6. The summed E-state index contributed by atoms with van der Waals surface area (Å²) in [6, 6.07) is 0. The fourth-order valence-electron chi connectivity index (χ4n) is 1.87. The standard InChI is InChI=1S/C13H20O5/c1-3-5-6-7-9-8-10(12(15)18-9)11(14)13(16)17-4-2/h9,14H,3-8H2,1-2H3/b11-10-.